The fraction of sp³-hybridized carbons (Fsp3) is 0.600. The molecule has 0 atom stereocenters. The van der Waals surface area contributed by atoms with Crippen molar-refractivity contribution in [3.8, 4) is 0 Å². The molecule has 4 heteroatoms. The summed E-state index contributed by atoms with van der Waals surface area (Å²) in [6, 6.07) is 0. The first-order valence-electron chi connectivity index (χ1n) is 2.56. The average molecular weight is 131 g/mol. The van der Waals surface area contributed by atoms with Gasteiger partial charge in [-0.15, -0.1) is 0 Å². The molecule has 0 saturated carbocycles. The van der Waals surface area contributed by atoms with Gasteiger partial charge in [0.15, 0.2) is 0 Å². The number of rotatable bonds is 3. The fourth-order valence-electron chi connectivity index (χ4n) is 0.338. The number of carboxylic acids is 1. The van der Waals surface area contributed by atoms with Gasteiger partial charge < -0.3 is 10.3 Å². The van der Waals surface area contributed by atoms with Gasteiger partial charge >= 0.3 is 5.97 Å². The summed E-state index contributed by atoms with van der Waals surface area (Å²) < 4.78 is 0. The second-order valence-electron chi connectivity index (χ2n) is 1.73. The highest BCUT2D eigenvalue weighted by molar-refractivity contribution is 5.84. The van der Waals surface area contributed by atoms with Crippen molar-refractivity contribution in [2.24, 2.45) is 5.16 Å². The van der Waals surface area contributed by atoms with Crippen LogP contribution in [0, 0.1) is 0 Å². The Labute approximate surface area is 52.8 Å². The molecule has 0 aromatic rings. The van der Waals surface area contributed by atoms with Gasteiger partial charge in [-0.05, 0) is 13.3 Å². The van der Waals surface area contributed by atoms with Gasteiger partial charge in [0.1, 0.15) is 0 Å². The molecule has 0 bridgehead atoms. The summed E-state index contributed by atoms with van der Waals surface area (Å²) in [5.41, 5.74) is 0.442. The Kier molecular flexibility index (Phi) is 3.43. The van der Waals surface area contributed by atoms with Crippen LogP contribution in [0.25, 0.3) is 0 Å². The van der Waals surface area contributed by atoms with E-state index < -0.39 is 5.97 Å². The van der Waals surface area contributed by atoms with Gasteiger partial charge in [-0.2, -0.15) is 0 Å². The lowest BCUT2D eigenvalue weighted by atomic mass is 10.2. The van der Waals surface area contributed by atoms with Crippen molar-refractivity contribution in [2.75, 3.05) is 0 Å². The molecule has 0 radical (unpaired) electrons. The van der Waals surface area contributed by atoms with Gasteiger partial charge in [-0.25, -0.2) is 0 Å². The number of oxime groups is 1. The van der Waals surface area contributed by atoms with Gasteiger partial charge in [-0.3, -0.25) is 4.79 Å². The predicted octanol–water partition coefficient (Wildman–Crippen LogP) is 0.701. The zero-order valence-electron chi connectivity index (χ0n) is 5.16. The first kappa shape index (κ1) is 7.94. The topological polar surface area (TPSA) is 69.9 Å². The van der Waals surface area contributed by atoms with Crippen molar-refractivity contribution in [3.63, 3.8) is 0 Å². The third kappa shape index (κ3) is 4.80. The maximum Gasteiger partial charge on any atom is 0.303 e. The van der Waals surface area contributed by atoms with E-state index in [0.29, 0.717) is 12.1 Å². The second kappa shape index (κ2) is 3.88. The maximum atomic E-state index is 9.88. The van der Waals surface area contributed by atoms with E-state index in [4.69, 9.17) is 10.3 Å². The SMILES string of the molecule is CC(CCC(=O)O)=NO. The second-order valence-corrected chi connectivity index (χ2v) is 1.73. The quantitative estimate of drug-likeness (QED) is 0.336. The molecule has 0 saturated heterocycles. The summed E-state index contributed by atoms with van der Waals surface area (Å²) >= 11 is 0. The highest BCUT2D eigenvalue weighted by Gasteiger charge is 1.97. The van der Waals surface area contributed by atoms with E-state index in [1.54, 1.807) is 6.92 Å². The van der Waals surface area contributed by atoms with Crippen LogP contribution in [0.2, 0.25) is 0 Å². The van der Waals surface area contributed by atoms with Crippen molar-refractivity contribution < 1.29 is 15.1 Å². The van der Waals surface area contributed by atoms with Crippen LogP contribution in [0.3, 0.4) is 0 Å². The number of carbonyl (C=O) groups is 1. The minimum Gasteiger partial charge on any atom is -0.481 e. The van der Waals surface area contributed by atoms with E-state index in [-0.39, 0.29) is 6.42 Å². The molecule has 9 heavy (non-hydrogen) atoms. The van der Waals surface area contributed by atoms with E-state index in [1.807, 2.05) is 0 Å². The fourth-order valence-corrected chi connectivity index (χ4v) is 0.338. The summed E-state index contributed by atoms with van der Waals surface area (Å²) in [7, 11) is 0. The molecular formula is C5H9NO3. The Morgan fingerprint density at radius 2 is 2.11 bits per heavy atom. The Bertz CT molecular complexity index is 130. The van der Waals surface area contributed by atoms with Crippen LogP contribution in [0.5, 0.6) is 0 Å². The van der Waals surface area contributed by atoms with Crippen LogP contribution in [0.15, 0.2) is 5.16 Å². The van der Waals surface area contributed by atoms with Crippen molar-refractivity contribution in [3.05, 3.63) is 0 Å². The van der Waals surface area contributed by atoms with Gasteiger partial charge in [0.2, 0.25) is 0 Å². The summed E-state index contributed by atoms with van der Waals surface area (Å²) in [6.07, 6.45) is 0.335. The van der Waals surface area contributed by atoms with Crippen LogP contribution >= 0.6 is 0 Å². The van der Waals surface area contributed by atoms with Crippen molar-refractivity contribution in [1.29, 1.82) is 0 Å². The van der Waals surface area contributed by atoms with E-state index in [0.717, 1.165) is 0 Å². The Morgan fingerprint density at radius 1 is 1.56 bits per heavy atom. The lowest BCUT2D eigenvalue weighted by Gasteiger charge is -1.90. The summed E-state index contributed by atoms with van der Waals surface area (Å²) in [4.78, 5) is 9.88. The third-order valence-electron chi connectivity index (χ3n) is 0.871. The molecule has 2 N–H and O–H groups in total. The number of hydrogen-bond acceptors (Lipinski definition) is 3. The molecule has 0 amide bonds. The molecule has 0 fully saturated rings. The van der Waals surface area contributed by atoms with Crippen LogP contribution in [0.1, 0.15) is 19.8 Å². The molecule has 0 aromatic carbocycles. The minimum atomic E-state index is -0.877. The molecule has 0 heterocycles. The molecule has 0 unspecified atom stereocenters. The highest BCUT2D eigenvalue weighted by Crippen LogP contribution is 1.90. The van der Waals surface area contributed by atoms with Gasteiger partial charge in [0.05, 0.1) is 12.1 Å². The summed E-state index contributed by atoms with van der Waals surface area (Å²) in [5, 5.41) is 19.0. The Balaban J connectivity index is 3.39. The van der Waals surface area contributed by atoms with E-state index >= 15 is 0 Å². The smallest absolute Gasteiger partial charge is 0.303 e. The molecule has 0 aliphatic rings. The highest BCUT2D eigenvalue weighted by atomic mass is 16.4. The first-order valence-corrected chi connectivity index (χ1v) is 2.56. The molecule has 52 valence electrons. The van der Waals surface area contributed by atoms with Gasteiger partial charge in [0.25, 0.3) is 0 Å². The van der Waals surface area contributed by atoms with Crippen LogP contribution in [-0.2, 0) is 4.79 Å². The first-order chi connectivity index (χ1) is 4.16. The standard InChI is InChI=1S/C5H9NO3/c1-4(6-9)2-3-5(7)8/h9H,2-3H2,1H3,(H,7,8). The molecule has 4 nitrogen and oxygen atoms in total. The number of carboxylic acid groups (broad SMARTS) is 1. The lowest BCUT2D eigenvalue weighted by Crippen LogP contribution is -1.99. The monoisotopic (exact) mass is 131 g/mol. The molecule has 0 aliphatic carbocycles. The Hall–Kier alpha value is -1.06. The van der Waals surface area contributed by atoms with Crippen LogP contribution < -0.4 is 0 Å². The number of nitrogens with zero attached hydrogens (tertiary/aromatic N) is 1. The molecule has 0 aromatic heterocycles. The van der Waals surface area contributed by atoms with E-state index in [2.05, 4.69) is 5.16 Å². The largest absolute Gasteiger partial charge is 0.481 e. The van der Waals surface area contributed by atoms with E-state index in [9.17, 15) is 4.79 Å². The molecular weight excluding hydrogens is 122 g/mol. The third-order valence-corrected chi connectivity index (χ3v) is 0.871. The minimum absolute atomic E-state index is 0.0237. The normalized spacial score (nSPS) is 11.4. The van der Waals surface area contributed by atoms with Crippen LogP contribution in [-0.4, -0.2) is 22.0 Å². The Morgan fingerprint density at radius 3 is 2.44 bits per heavy atom. The van der Waals surface area contributed by atoms with Crippen molar-refractivity contribution in [2.45, 2.75) is 19.8 Å². The number of hydrogen-bond donors (Lipinski definition) is 2. The summed E-state index contributed by atoms with van der Waals surface area (Å²) in [5.74, 6) is -0.877. The van der Waals surface area contributed by atoms with E-state index in [1.165, 1.54) is 0 Å². The van der Waals surface area contributed by atoms with Crippen molar-refractivity contribution in [1.82, 2.24) is 0 Å². The van der Waals surface area contributed by atoms with Gasteiger partial charge in [-0.1, -0.05) is 5.16 Å². The zero-order chi connectivity index (χ0) is 7.28. The average Bonchev–Trinajstić information content (AvgIpc) is 1.83. The summed E-state index contributed by atoms with van der Waals surface area (Å²) in [6.45, 7) is 1.57. The van der Waals surface area contributed by atoms with Crippen molar-refractivity contribution >= 4 is 11.7 Å². The van der Waals surface area contributed by atoms with Gasteiger partial charge in [0, 0.05) is 0 Å². The maximum absolute atomic E-state index is 9.88. The molecule has 0 aliphatic heterocycles. The molecule has 0 rings (SSSR count). The lowest BCUT2D eigenvalue weighted by molar-refractivity contribution is -0.136. The zero-order valence-corrected chi connectivity index (χ0v) is 5.16. The predicted molar refractivity (Wildman–Crippen MR) is 31.8 cm³/mol. The molecule has 0 spiro atoms. The van der Waals surface area contributed by atoms with Crippen LogP contribution in [0.4, 0.5) is 0 Å². The number of aliphatic carboxylic acids is 1.